The van der Waals surface area contributed by atoms with Gasteiger partial charge in [0.25, 0.3) is 5.69 Å². The van der Waals surface area contributed by atoms with Crippen molar-refractivity contribution < 1.29 is 18.4 Å². The van der Waals surface area contributed by atoms with Crippen molar-refractivity contribution in [1.29, 1.82) is 0 Å². The Morgan fingerprint density at radius 3 is 2.47 bits per heavy atom. The predicted molar refractivity (Wildman–Crippen MR) is 72.6 cm³/mol. The van der Waals surface area contributed by atoms with Crippen molar-refractivity contribution in [2.24, 2.45) is 0 Å². The molecule has 0 heterocycles. The first-order valence-electron chi connectivity index (χ1n) is 5.63. The standard InChI is InChI=1S/C11H18N2O5S/c1-18-9-3-8-12-19(2,16,17)11-6-4-10(5-7-11)13(14)15/h4-7H,3,8-9H2,1-2H3,(H2,12,16,17). The Balaban J connectivity index is 2.85. The number of ether oxygens (including phenoxy) is 1. The Hall–Kier alpha value is -1.35. The summed E-state index contributed by atoms with van der Waals surface area (Å²) < 4.78 is 30.1. The van der Waals surface area contributed by atoms with Crippen LogP contribution < -0.4 is 4.72 Å². The third-order valence-electron chi connectivity index (χ3n) is 2.57. The van der Waals surface area contributed by atoms with Crippen molar-refractivity contribution in [3.05, 3.63) is 34.4 Å². The molecule has 0 bridgehead atoms. The van der Waals surface area contributed by atoms with Crippen molar-refractivity contribution >= 4 is 15.2 Å². The van der Waals surface area contributed by atoms with Gasteiger partial charge in [-0.05, 0) is 18.6 Å². The summed E-state index contributed by atoms with van der Waals surface area (Å²) in [5, 5.41) is 10.5. The van der Waals surface area contributed by atoms with Crippen LogP contribution in [0.1, 0.15) is 6.42 Å². The van der Waals surface area contributed by atoms with Crippen LogP contribution in [0.3, 0.4) is 0 Å². The van der Waals surface area contributed by atoms with Gasteiger partial charge in [0.2, 0.25) is 0 Å². The summed E-state index contributed by atoms with van der Waals surface area (Å²) >= 11 is 0. The predicted octanol–water partition coefficient (Wildman–Crippen LogP) is 1.42. The fraction of sp³-hybridized carbons (Fsp3) is 0.455. The Labute approximate surface area is 111 Å². The number of nitrogens with one attached hydrogen (secondary N) is 1. The summed E-state index contributed by atoms with van der Waals surface area (Å²) in [6.07, 6.45) is 1.78. The summed E-state index contributed by atoms with van der Waals surface area (Å²) in [5.74, 6) is 0. The minimum atomic E-state index is -4.18. The zero-order chi connectivity index (χ0) is 14.5. The number of nitrogens with zero attached hydrogens (tertiary/aromatic N) is 1. The lowest BCUT2D eigenvalue weighted by Gasteiger charge is -2.39. The van der Waals surface area contributed by atoms with Gasteiger partial charge in [-0.1, -0.05) is 0 Å². The molecule has 0 spiro atoms. The van der Waals surface area contributed by atoms with Crippen LogP contribution in [0.15, 0.2) is 29.2 Å². The van der Waals surface area contributed by atoms with Crippen LogP contribution in [0, 0.1) is 10.1 Å². The van der Waals surface area contributed by atoms with E-state index >= 15 is 0 Å². The quantitative estimate of drug-likeness (QED) is 0.449. The molecule has 8 heteroatoms. The van der Waals surface area contributed by atoms with Gasteiger partial charge in [-0.3, -0.25) is 14.7 Å². The smallest absolute Gasteiger partial charge is 0.269 e. The van der Waals surface area contributed by atoms with Crippen molar-refractivity contribution in [1.82, 2.24) is 4.72 Å². The van der Waals surface area contributed by atoms with Crippen LogP contribution in [0.5, 0.6) is 0 Å². The van der Waals surface area contributed by atoms with E-state index in [1.54, 1.807) is 7.11 Å². The zero-order valence-corrected chi connectivity index (χ0v) is 11.7. The number of nitro groups is 1. The molecule has 0 aliphatic heterocycles. The lowest BCUT2D eigenvalue weighted by Crippen LogP contribution is -2.46. The second kappa shape index (κ2) is 5.74. The van der Waals surface area contributed by atoms with Gasteiger partial charge in [-0.25, -0.2) is 4.72 Å². The molecule has 0 aliphatic carbocycles. The number of benzene rings is 1. The van der Waals surface area contributed by atoms with E-state index in [2.05, 4.69) is 4.72 Å². The van der Waals surface area contributed by atoms with E-state index in [9.17, 15) is 18.9 Å². The number of nitro benzene ring substituents is 1. The first-order chi connectivity index (χ1) is 8.74. The summed E-state index contributed by atoms with van der Waals surface area (Å²) in [4.78, 5) is 10.1. The van der Waals surface area contributed by atoms with Gasteiger partial charge in [-0.2, -0.15) is 4.21 Å². The molecule has 108 valence electrons. The molecule has 1 rings (SSSR count). The van der Waals surface area contributed by atoms with Gasteiger partial charge in [0.15, 0.2) is 0 Å². The lowest BCUT2D eigenvalue weighted by molar-refractivity contribution is -0.384. The van der Waals surface area contributed by atoms with E-state index < -0.39 is 14.5 Å². The maximum atomic E-state index is 12.5. The molecular weight excluding hydrogens is 272 g/mol. The summed E-state index contributed by atoms with van der Waals surface area (Å²) in [6, 6.07) is 4.99. The number of non-ortho nitro benzene ring substituents is 1. The second-order valence-electron chi connectivity index (χ2n) is 4.28. The molecule has 7 nitrogen and oxygen atoms in total. The second-order valence-corrected chi connectivity index (χ2v) is 7.60. The number of hydrogen-bond donors (Lipinski definition) is 2. The van der Waals surface area contributed by atoms with Gasteiger partial charge in [0, 0.05) is 38.6 Å². The summed E-state index contributed by atoms with van der Waals surface area (Å²) in [7, 11) is -2.62. The fourth-order valence-electron chi connectivity index (χ4n) is 1.50. The zero-order valence-electron chi connectivity index (χ0n) is 10.9. The molecule has 2 N–H and O–H groups in total. The van der Waals surface area contributed by atoms with Crippen LogP contribution in [-0.4, -0.2) is 40.2 Å². The summed E-state index contributed by atoms with van der Waals surface area (Å²) in [6.45, 7) is 0.791. The number of rotatable bonds is 7. The van der Waals surface area contributed by atoms with Gasteiger partial charge >= 0.3 is 0 Å². The van der Waals surface area contributed by atoms with Gasteiger partial charge in [0.05, 0.1) is 9.82 Å². The molecule has 0 atom stereocenters. The van der Waals surface area contributed by atoms with Gasteiger partial charge in [-0.15, -0.1) is 9.53 Å². The molecule has 0 saturated heterocycles. The van der Waals surface area contributed by atoms with Crippen LogP contribution in [-0.2, 0) is 14.3 Å². The Morgan fingerprint density at radius 1 is 1.42 bits per heavy atom. The highest BCUT2D eigenvalue weighted by molar-refractivity contribution is 8.12. The first-order valence-corrected chi connectivity index (χ1v) is 7.96. The van der Waals surface area contributed by atoms with Crippen LogP contribution >= 0.6 is 0 Å². The number of methoxy groups -OCH3 is 1. The minimum Gasteiger partial charge on any atom is -0.385 e. The average molecular weight is 290 g/mol. The minimum absolute atomic E-state index is 0.119. The normalized spacial score (nSPS) is 13.7. The van der Waals surface area contributed by atoms with E-state index in [1.807, 2.05) is 0 Å². The van der Waals surface area contributed by atoms with Gasteiger partial charge < -0.3 is 4.74 Å². The molecule has 0 aromatic heterocycles. The molecule has 1 aromatic rings. The largest absolute Gasteiger partial charge is 0.385 e. The molecule has 0 saturated carbocycles. The van der Waals surface area contributed by atoms with Gasteiger partial charge in [0.1, 0.15) is 0 Å². The topological polar surface area (TPSA) is 102 Å². The molecule has 0 fully saturated rings. The molecule has 0 unspecified atom stereocenters. The highest BCUT2D eigenvalue weighted by atomic mass is 32.3. The van der Waals surface area contributed by atoms with E-state index in [-0.39, 0.29) is 10.6 Å². The van der Waals surface area contributed by atoms with Crippen molar-refractivity contribution in [3.8, 4) is 0 Å². The van der Waals surface area contributed by atoms with E-state index in [0.717, 1.165) is 0 Å². The SMILES string of the molecule is COCCCNS(C)(=O)(O)c1ccc([N+](=O)[O-])cc1. The third-order valence-corrected chi connectivity index (χ3v) is 4.84. The van der Waals surface area contributed by atoms with Crippen LogP contribution in [0.4, 0.5) is 5.69 Å². The molecule has 0 radical (unpaired) electrons. The highest BCUT2D eigenvalue weighted by Crippen LogP contribution is 2.27. The number of hydrogen-bond acceptors (Lipinski definition) is 4. The molecule has 0 aliphatic rings. The highest BCUT2D eigenvalue weighted by Gasteiger charge is 2.23. The Kier molecular flexibility index (Phi) is 4.75. The Bertz CT molecular complexity index is 508. The summed E-state index contributed by atoms with van der Waals surface area (Å²) in [5.41, 5.74) is -0.119. The maximum absolute atomic E-state index is 12.5. The first kappa shape index (κ1) is 15.7. The lowest BCUT2D eigenvalue weighted by atomic mass is 10.3. The third kappa shape index (κ3) is 4.35. The van der Waals surface area contributed by atoms with Crippen molar-refractivity contribution in [2.45, 2.75) is 11.3 Å². The monoisotopic (exact) mass is 290 g/mol. The van der Waals surface area contributed by atoms with Crippen molar-refractivity contribution in [3.63, 3.8) is 0 Å². The molecular formula is C11H18N2O5S. The maximum Gasteiger partial charge on any atom is 0.269 e. The Morgan fingerprint density at radius 2 is 2.00 bits per heavy atom. The molecule has 1 aromatic carbocycles. The van der Waals surface area contributed by atoms with Crippen LogP contribution in [0.2, 0.25) is 0 Å². The molecule has 19 heavy (non-hydrogen) atoms. The van der Waals surface area contributed by atoms with Crippen molar-refractivity contribution in [2.75, 3.05) is 26.5 Å². The fourth-order valence-corrected chi connectivity index (χ4v) is 3.07. The van der Waals surface area contributed by atoms with E-state index in [1.165, 1.54) is 30.5 Å². The molecule has 0 amide bonds. The van der Waals surface area contributed by atoms with E-state index in [0.29, 0.717) is 19.6 Å². The average Bonchev–Trinajstić information content (AvgIpc) is 2.34. The van der Waals surface area contributed by atoms with Crippen LogP contribution in [0.25, 0.3) is 0 Å². The van der Waals surface area contributed by atoms with E-state index in [4.69, 9.17) is 4.74 Å².